The number of ether oxygens (including phenoxy) is 3. The summed E-state index contributed by atoms with van der Waals surface area (Å²) in [7, 11) is 0. The van der Waals surface area contributed by atoms with Crippen LogP contribution in [0.15, 0.2) is 0 Å². The summed E-state index contributed by atoms with van der Waals surface area (Å²) in [6.07, 6.45) is 80.2. The zero-order valence-electron chi connectivity index (χ0n) is 53.5. The lowest BCUT2D eigenvalue weighted by atomic mass is 10.0. The van der Waals surface area contributed by atoms with Gasteiger partial charge in [-0.15, -0.1) is 0 Å². The molecule has 78 heavy (non-hydrogen) atoms. The Morgan fingerprint density at radius 1 is 0.205 bits per heavy atom. The minimum atomic E-state index is -0.762. The molecule has 0 aromatic carbocycles. The number of unbranched alkanes of at least 4 members (excludes halogenated alkanes) is 57. The predicted molar refractivity (Wildman–Crippen MR) is 340 cm³/mol. The molecule has 0 amide bonds. The number of carbonyl (C=O) groups excluding carboxylic acids is 3. The first-order chi connectivity index (χ1) is 38.5. The molecular formula is C72H140O6. The second-order valence-electron chi connectivity index (χ2n) is 24.9. The maximum atomic E-state index is 12.9. The van der Waals surface area contributed by atoms with E-state index in [0.717, 1.165) is 57.8 Å². The first kappa shape index (κ1) is 76.4. The van der Waals surface area contributed by atoms with Gasteiger partial charge in [0.1, 0.15) is 13.2 Å². The van der Waals surface area contributed by atoms with Crippen molar-refractivity contribution in [1.29, 1.82) is 0 Å². The van der Waals surface area contributed by atoms with Crippen LogP contribution >= 0.6 is 0 Å². The van der Waals surface area contributed by atoms with Crippen LogP contribution in [0.25, 0.3) is 0 Å². The molecular weight excluding hydrogens is 961 g/mol. The van der Waals surface area contributed by atoms with Gasteiger partial charge in [-0.25, -0.2) is 0 Å². The Morgan fingerprint density at radius 2 is 0.346 bits per heavy atom. The molecule has 0 bridgehead atoms. The highest BCUT2D eigenvalue weighted by atomic mass is 16.6. The average Bonchev–Trinajstić information content (AvgIpc) is 3.44. The Morgan fingerprint density at radius 3 is 0.513 bits per heavy atom. The summed E-state index contributed by atoms with van der Waals surface area (Å²) >= 11 is 0. The molecule has 6 nitrogen and oxygen atoms in total. The standard InChI is InChI=1S/C72H140O6/c1-4-7-10-13-16-19-21-23-25-27-29-31-33-35-37-38-40-42-44-46-48-50-53-56-59-62-65-71(74)77-68-69(67-76-70(73)64-61-58-55-52-18-15-12-9-6-3)78-72(75)66-63-60-57-54-51-49-47-45-43-41-39-36-34-32-30-28-26-24-22-20-17-14-11-8-5-2/h69H,4-68H2,1-3H3. The number of carbonyl (C=O) groups is 3. The summed E-state index contributed by atoms with van der Waals surface area (Å²) in [5.74, 6) is -0.826. The largest absolute Gasteiger partial charge is 0.462 e. The summed E-state index contributed by atoms with van der Waals surface area (Å²) in [6, 6.07) is 0. The molecule has 464 valence electrons. The second kappa shape index (κ2) is 67.9. The smallest absolute Gasteiger partial charge is 0.306 e. The molecule has 0 aliphatic rings. The highest BCUT2D eigenvalue weighted by Gasteiger charge is 2.20. The van der Waals surface area contributed by atoms with Gasteiger partial charge < -0.3 is 14.2 Å². The van der Waals surface area contributed by atoms with Gasteiger partial charge >= 0.3 is 17.9 Å². The van der Waals surface area contributed by atoms with Crippen molar-refractivity contribution in [1.82, 2.24) is 0 Å². The minimum absolute atomic E-state index is 0.0607. The van der Waals surface area contributed by atoms with Gasteiger partial charge in [-0.3, -0.25) is 14.4 Å². The molecule has 0 aliphatic heterocycles. The Labute approximate surface area is 488 Å². The van der Waals surface area contributed by atoms with Crippen LogP contribution in [0, 0.1) is 0 Å². The fourth-order valence-electron chi connectivity index (χ4n) is 11.5. The number of rotatable bonds is 68. The van der Waals surface area contributed by atoms with Crippen molar-refractivity contribution in [3.63, 3.8) is 0 Å². The molecule has 6 heteroatoms. The highest BCUT2D eigenvalue weighted by molar-refractivity contribution is 5.71. The first-order valence-electron chi connectivity index (χ1n) is 36.0. The maximum Gasteiger partial charge on any atom is 0.306 e. The van der Waals surface area contributed by atoms with Gasteiger partial charge in [-0.2, -0.15) is 0 Å². The molecule has 0 aliphatic carbocycles. The third kappa shape index (κ3) is 65.2. The van der Waals surface area contributed by atoms with E-state index in [9.17, 15) is 14.4 Å². The molecule has 1 unspecified atom stereocenters. The lowest BCUT2D eigenvalue weighted by Gasteiger charge is -2.18. The van der Waals surface area contributed by atoms with E-state index in [2.05, 4.69) is 20.8 Å². The highest BCUT2D eigenvalue weighted by Crippen LogP contribution is 2.20. The van der Waals surface area contributed by atoms with E-state index < -0.39 is 6.10 Å². The predicted octanol–water partition coefficient (Wildman–Crippen LogP) is 24.6. The van der Waals surface area contributed by atoms with Gasteiger partial charge in [0, 0.05) is 19.3 Å². The molecule has 0 spiro atoms. The third-order valence-corrected chi connectivity index (χ3v) is 16.9. The topological polar surface area (TPSA) is 78.9 Å². The van der Waals surface area contributed by atoms with Gasteiger partial charge in [0.2, 0.25) is 0 Å². The Kier molecular flexibility index (Phi) is 66.5. The zero-order chi connectivity index (χ0) is 56.4. The van der Waals surface area contributed by atoms with Crippen LogP contribution < -0.4 is 0 Å². The van der Waals surface area contributed by atoms with E-state index >= 15 is 0 Å². The lowest BCUT2D eigenvalue weighted by molar-refractivity contribution is -0.167. The van der Waals surface area contributed by atoms with Crippen LogP contribution in [0.4, 0.5) is 0 Å². The third-order valence-electron chi connectivity index (χ3n) is 16.9. The molecule has 0 saturated carbocycles. The Hall–Kier alpha value is -1.59. The van der Waals surface area contributed by atoms with Crippen molar-refractivity contribution in [2.75, 3.05) is 13.2 Å². The van der Waals surface area contributed by atoms with Crippen LogP contribution in [0.2, 0.25) is 0 Å². The number of hydrogen-bond donors (Lipinski definition) is 0. The average molecular weight is 1100 g/mol. The fraction of sp³-hybridized carbons (Fsp3) is 0.958. The van der Waals surface area contributed by atoms with E-state index in [1.54, 1.807) is 0 Å². The number of esters is 3. The summed E-state index contributed by atoms with van der Waals surface area (Å²) in [5.41, 5.74) is 0. The molecule has 0 saturated heterocycles. The van der Waals surface area contributed by atoms with Crippen LogP contribution in [0.1, 0.15) is 425 Å². The summed E-state index contributed by atoms with van der Waals surface area (Å²) in [5, 5.41) is 0. The maximum absolute atomic E-state index is 12.9. The van der Waals surface area contributed by atoms with Crippen LogP contribution in [-0.4, -0.2) is 37.2 Å². The van der Waals surface area contributed by atoms with Crippen LogP contribution in [0.5, 0.6) is 0 Å². The van der Waals surface area contributed by atoms with Gasteiger partial charge in [0.15, 0.2) is 6.10 Å². The van der Waals surface area contributed by atoms with Crippen LogP contribution in [0.3, 0.4) is 0 Å². The van der Waals surface area contributed by atoms with Crippen LogP contribution in [-0.2, 0) is 28.6 Å². The molecule has 0 N–H and O–H groups in total. The van der Waals surface area contributed by atoms with Crippen molar-refractivity contribution in [3.05, 3.63) is 0 Å². The molecule has 0 aromatic rings. The summed E-state index contributed by atoms with van der Waals surface area (Å²) in [6.45, 7) is 6.72. The van der Waals surface area contributed by atoms with Gasteiger partial charge in [-0.1, -0.05) is 387 Å². The molecule has 0 heterocycles. The van der Waals surface area contributed by atoms with Crippen molar-refractivity contribution < 1.29 is 28.6 Å². The van der Waals surface area contributed by atoms with Crippen molar-refractivity contribution in [2.24, 2.45) is 0 Å². The second-order valence-corrected chi connectivity index (χ2v) is 24.9. The fourth-order valence-corrected chi connectivity index (χ4v) is 11.5. The van der Waals surface area contributed by atoms with Gasteiger partial charge in [0.05, 0.1) is 0 Å². The Balaban J connectivity index is 4.06. The molecule has 0 aromatic heterocycles. The molecule has 1 atom stereocenters. The molecule has 0 radical (unpaired) electrons. The van der Waals surface area contributed by atoms with E-state index in [4.69, 9.17) is 14.2 Å². The summed E-state index contributed by atoms with van der Waals surface area (Å²) in [4.78, 5) is 38.3. The Bertz CT molecular complexity index is 1170. The summed E-state index contributed by atoms with van der Waals surface area (Å²) < 4.78 is 17.0. The van der Waals surface area contributed by atoms with Crippen molar-refractivity contribution in [3.8, 4) is 0 Å². The molecule has 0 fully saturated rings. The quantitative estimate of drug-likeness (QED) is 0.0343. The minimum Gasteiger partial charge on any atom is -0.462 e. The van der Waals surface area contributed by atoms with Crippen molar-refractivity contribution in [2.45, 2.75) is 431 Å². The van der Waals surface area contributed by atoms with E-state index in [0.29, 0.717) is 19.3 Å². The van der Waals surface area contributed by atoms with E-state index in [1.807, 2.05) is 0 Å². The monoisotopic (exact) mass is 1100 g/mol. The van der Waals surface area contributed by atoms with E-state index in [1.165, 1.54) is 327 Å². The number of hydrogen-bond acceptors (Lipinski definition) is 6. The SMILES string of the molecule is CCCCCCCCCCCCCCCCCCCCCCCCCCCCC(=O)OCC(COC(=O)CCCCCCCCCCC)OC(=O)CCCCCCCCCCCCCCCCCCCCCCCCCCC. The normalized spacial score (nSPS) is 11.9. The first-order valence-corrected chi connectivity index (χ1v) is 36.0. The van der Waals surface area contributed by atoms with Gasteiger partial charge in [-0.05, 0) is 19.3 Å². The van der Waals surface area contributed by atoms with Gasteiger partial charge in [0.25, 0.3) is 0 Å². The van der Waals surface area contributed by atoms with Crippen molar-refractivity contribution >= 4 is 17.9 Å². The molecule has 0 rings (SSSR count). The zero-order valence-corrected chi connectivity index (χ0v) is 53.5. The van der Waals surface area contributed by atoms with E-state index in [-0.39, 0.29) is 31.1 Å². The lowest BCUT2D eigenvalue weighted by Crippen LogP contribution is -2.30.